The third kappa shape index (κ3) is 4.63. The van der Waals surface area contributed by atoms with Crippen LogP contribution in [0.5, 0.6) is 0 Å². The van der Waals surface area contributed by atoms with E-state index in [1.165, 1.54) is 0 Å². The lowest BCUT2D eigenvalue weighted by Gasteiger charge is -2.42. The SMILES string of the molecule is CCC(C)(CC(C)(C)C(=O)C(C)(CC)OC)C(=O)C(C)(C)OC. The van der Waals surface area contributed by atoms with Gasteiger partial charge in [0.25, 0.3) is 0 Å². The van der Waals surface area contributed by atoms with Crippen LogP contribution in [0, 0.1) is 10.8 Å². The van der Waals surface area contributed by atoms with Crippen LogP contribution in [-0.4, -0.2) is 37.0 Å². The first-order valence-corrected chi connectivity index (χ1v) is 8.46. The topological polar surface area (TPSA) is 52.6 Å². The second-order valence-corrected chi connectivity index (χ2v) is 8.14. The quantitative estimate of drug-likeness (QED) is 0.603. The Morgan fingerprint density at radius 3 is 1.57 bits per heavy atom. The minimum absolute atomic E-state index is 0.0338. The summed E-state index contributed by atoms with van der Waals surface area (Å²) in [6, 6.07) is 0. The molecular formula is C19H36O4. The highest BCUT2D eigenvalue weighted by Gasteiger charge is 2.49. The molecule has 0 saturated carbocycles. The Bertz CT molecular complexity index is 433. The molecule has 0 saturated heterocycles. The maximum Gasteiger partial charge on any atom is 0.169 e. The third-order valence-corrected chi connectivity index (χ3v) is 5.44. The molecule has 136 valence electrons. The lowest BCUT2D eigenvalue weighted by Crippen LogP contribution is -2.51. The summed E-state index contributed by atoms with van der Waals surface area (Å²) in [5, 5.41) is 0. The van der Waals surface area contributed by atoms with Gasteiger partial charge in [-0.15, -0.1) is 0 Å². The fraction of sp³-hybridized carbons (Fsp3) is 0.895. The molecule has 0 spiro atoms. The Labute approximate surface area is 142 Å². The summed E-state index contributed by atoms with van der Waals surface area (Å²) in [4.78, 5) is 26.0. The third-order valence-electron chi connectivity index (χ3n) is 5.44. The van der Waals surface area contributed by atoms with Crippen LogP contribution >= 0.6 is 0 Å². The van der Waals surface area contributed by atoms with Crippen LogP contribution in [0.4, 0.5) is 0 Å². The highest BCUT2D eigenvalue weighted by Crippen LogP contribution is 2.43. The number of Topliss-reactive ketones (excluding diaryl/α,β-unsaturated/α-hetero) is 2. The molecule has 0 radical (unpaired) electrons. The fourth-order valence-electron chi connectivity index (χ4n) is 3.35. The Morgan fingerprint density at radius 2 is 1.26 bits per heavy atom. The molecule has 2 unspecified atom stereocenters. The van der Waals surface area contributed by atoms with E-state index >= 15 is 0 Å². The lowest BCUT2D eigenvalue weighted by molar-refractivity contribution is -0.156. The summed E-state index contributed by atoms with van der Waals surface area (Å²) in [7, 11) is 3.11. The van der Waals surface area contributed by atoms with Gasteiger partial charge in [-0.25, -0.2) is 0 Å². The van der Waals surface area contributed by atoms with Crippen molar-refractivity contribution in [3.8, 4) is 0 Å². The summed E-state index contributed by atoms with van der Waals surface area (Å²) in [6.07, 6.45) is 1.73. The molecule has 4 heteroatoms. The van der Waals surface area contributed by atoms with Gasteiger partial charge < -0.3 is 9.47 Å². The van der Waals surface area contributed by atoms with E-state index < -0.39 is 22.0 Å². The molecule has 0 bridgehead atoms. The van der Waals surface area contributed by atoms with Crippen molar-refractivity contribution in [2.45, 2.75) is 85.9 Å². The van der Waals surface area contributed by atoms with Gasteiger partial charge in [-0.3, -0.25) is 9.59 Å². The van der Waals surface area contributed by atoms with Crippen molar-refractivity contribution in [3.63, 3.8) is 0 Å². The Kier molecular flexibility index (Phi) is 7.20. The first kappa shape index (κ1) is 22.3. The Hall–Kier alpha value is -0.740. The van der Waals surface area contributed by atoms with Crippen LogP contribution in [0.25, 0.3) is 0 Å². The van der Waals surface area contributed by atoms with E-state index in [-0.39, 0.29) is 11.6 Å². The second kappa shape index (κ2) is 7.43. The molecule has 23 heavy (non-hydrogen) atoms. The maximum absolute atomic E-state index is 13.0. The predicted molar refractivity (Wildman–Crippen MR) is 93.6 cm³/mol. The number of hydrogen-bond donors (Lipinski definition) is 0. The molecule has 0 aromatic carbocycles. The maximum atomic E-state index is 13.0. The summed E-state index contributed by atoms with van der Waals surface area (Å²) in [5.74, 6) is 0.0733. The molecule has 0 aromatic rings. The van der Waals surface area contributed by atoms with Crippen molar-refractivity contribution in [1.82, 2.24) is 0 Å². The summed E-state index contributed by atoms with van der Waals surface area (Å²) >= 11 is 0. The minimum atomic E-state index is -0.862. The van der Waals surface area contributed by atoms with Crippen LogP contribution in [-0.2, 0) is 19.1 Å². The van der Waals surface area contributed by atoms with Gasteiger partial charge in [-0.1, -0.05) is 34.6 Å². The average Bonchev–Trinajstić information content (AvgIpc) is 2.51. The van der Waals surface area contributed by atoms with Gasteiger partial charge in [0.1, 0.15) is 11.2 Å². The van der Waals surface area contributed by atoms with Crippen molar-refractivity contribution in [2.24, 2.45) is 10.8 Å². The number of carbonyl (C=O) groups excluding carboxylic acids is 2. The molecule has 2 atom stereocenters. The minimum Gasteiger partial charge on any atom is -0.371 e. The van der Waals surface area contributed by atoms with Gasteiger partial charge >= 0.3 is 0 Å². The molecule has 0 heterocycles. The van der Waals surface area contributed by atoms with Gasteiger partial charge in [0.2, 0.25) is 0 Å². The van der Waals surface area contributed by atoms with E-state index in [0.717, 1.165) is 0 Å². The second-order valence-electron chi connectivity index (χ2n) is 8.14. The van der Waals surface area contributed by atoms with Crippen LogP contribution in [0.15, 0.2) is 0 Å². The smallest absolute Gasteiger partial charge is 0.169 e. The van der Waals surface area contributed by atoms with Crippen LogP contribution in [0.2, 0.25) is 0 Å². The number of ketones is 2. The monoisotopic (exact) mass is 328 g/mol. The first-order chi connectivity index (χ1) is 10.3. The summed E-state index contributed by atoms with van der Waals surface area (Å²) in [6.45, 7) is 15.1. The highest BCUT2D eigenvalue weighted by molar-refractivity contribution is 5.95. The van der Waals surface area contributed by atoms with Gasteiger partial charge in [0, 0.05) is 25.0 Å². The van der Waals surface area contributed by atoms with E-state index in [9.17, 15) is 9.59 Å². The molecule has 0 aliphatic rings. The van der Waals surface area contributed by atoms with Crippen molar-refractivity contribution >= 4 is 11.6 Å². The zero-order valence-corrected chi connectivity index (χ0v) is 16.8. The standard InChI is InChI=1S/C19H36O4/c1-11-18(7,15(21)17(5,6)22-9)13-16(3,4)14(20)19(8,12-2)23-10/h11-13H2,1-10H3. The molecule has 0 aliphatic heterocycles. The van der Waals surface area contributed by atoms with Crippen molar-refractivity contribution in [2.75, 3.05) is 14.2 Å². The number of carbonyl (C=O) groups is 2. The van der Waals surface area contributed by atoms with Crippen LogP contribution < -0.4 is 0 Å². The number of ether oxygens (including phenoxy) is 2. The fourth-order valence-corrected chi connectivity index (χ4v) is 3.35. The largest absolute Gasteiger partial charge is 0.371 e. The number of hydrogen-bond acceptors (Lipinski definition) is 4. The van der Waals surface area contributed by atoms with E-state index in [0.29, 0.717) is 19.3 Å². The molecule has 4 nitrogen and oxygen atoms in total. The summed E-state index contributed by atoms with van der Waals surface area (Å²) in [5.41, 5.74) is -2.97. The van der Waals surface area contributed by atoms with Crippen molar-refractivity contribution < 1.29 is 19.1 Å². The molecule has 0 rings (SSSR count). The van der Waals surface area contributed by atoms with Crippen LogP contribution in [0.3, 0.4) is 0 Å². The zero-order valence-electron chi connectivity index (χ0n) is 16.8. The van der Waals surface area contributed by atoms with E-state index in [1.807, 2.05) is 41.5 Å². The van der Waals surface area contributed by atoms with E-state index in [1.54, 1.807) is 28.1 Å². The number of methoxy groups -OCH3 is 2. The first-order valence-electron chi connectivity index (χ1n) is 8.46. The molecule has 0 aromatic heterocycles. The van der Waals surface area contributed by atoms with Gasteiger partial charge in [-0.05, 0) is 40.0 Å². The molecule has 0 N–H and O–H groups in total. The molecular weight excluding hydrogens is 292 g/mol. The zero-order chi connectivity index (χ0) is 18.7. The molecule has 0 fully saturated rings. The number of rotatable bonds is 10. The predicted octanol–water partition coefficient (Wildman–Crippen LogP) is 4.20. The van der Waals surface area contributed by atoms with Gasteiger partial charge in [0.05, 0.1) is 0 Å². The summed E-state index contributed by atoms with van der Waals surface area (Å²) < 4.78 is 10.8. The average molecular weight is 328 g/mol. The Morgan fingerprint density at radius 1 is 0.783 bits per heavy atom. The molecule has 0 aliphatic carbocycles. The van der Waals surface area contributed by atoms with Crippen LogP contribution in [0.1, 0.15) is 74.7 Å². The normalized spacial score (nSPS) is 18.2. The lowest BCUT2D eigenvalue weighted by atomic mass is 9.64. The van der Waals surface area contributed by atoms with Crippen molar-refractivity contribution in [3.05, 3.63) is 0 Å². The Balaban J connectivity index is 5.63. The van der Waals surface area contributed by atoms with Crippen molar-refractivity contribution in [1.29, 1.82) is 0 Å². The highest BCUT2D eigenvalue weighted by atomic mass is 16.5. The van der Waals surface area contributed by atoms with Gasteiger partial charge in [-0.2, -0.15) is 0 Å². The van der Waals surface area contributed by atoms with Gasteiger partial charge in [0.15, 0.2) is 11.6 Å². The molecule has 0 amide bonds. The van der Waals surface area contributed by atoms with E-state index in [2.05, 4.69) is 0 Å². The van der Waals surface area contributed by atoms with E-state index in [4.69, 9.17) is 9.47 Å².